The molecule has 0 aliphatic heterocycles. The van der Waals surface area contributed by atoms with Crippen LogP contribution in [0.3, 0.4) is 0 Å². The van der Waals surface area contributed by atoms with Gasteiger partial charge in [-0.05, 0) is 36.8 Å². The van der Waals surface area contributed by atoms with E-state index in [1.165, 1.54) is 0 Å². The molecule has 26 heavy (non-hydrogen) atoms. The first kappa shape index (κ1) is 17.8. The molecule has 2 aromatic carbocycles. The van der Waals surface area contributed by atoms with E-state index < -0.39 is 11.9 Å². The summed E-state index contributed by atoms with van der Waals surface area (Å²) in [4.78, 5) is 24.6. The first-order chi connectivity index (χ1) is 12.5. The fourth-order valence-electron chi connectivity index (χ4n) is 2.13. The van der Waals surface area contributed by atoms with Gasteiger partial charge in [0, 0.05) is 27.9 Å². The van der Waals surface area contributed by atoms with E-state index in [-0.39, 0.29) is 10.7 Å². The van der Waals surface area contributed by atoms with Crippen LogP contribution >= 0.6 is 23.1 Å². The van der Waals surface area contributed by atoms with Gasteiger partial charge < -0.3 is 10.6 Å². The summed E-state index contributed by atoms with van der Waals surface area (Å²) >= 11 is 6.97. The van der Waals surface area contributed by atoms with E-state index in [2.05, 4.69) is 25.5 Å². The van der Waals surface area contributed by atoms with Crippen LogP contribution in [0.25, 0.3) is 0 Å². The molecular formula is C17H14ClN5O2S. The smallest absolute Gasteiger partial charge is 0.320 e. The molecule has 1 heterocycles. The van der Waals surface area contributed by atoms with E-state index >= 15 is 0 Å². The van der Waals surface area contributed by atoms with E-state index in [0.29, 0.717) is 16.4 Å². The fourth-order valence-corrected chi connectivity index (χ4v) is 2.87. The topological polar surface area (TPSA) is 96.0 Å². The zero-order valence-electron chi connectivity index (χ0n) is 13.6. The highest BCUT2D eigenvalue weighted by Gasteiger charge is 2.19. The number of para-hydroxylation sites is 1. The standard InChI is InChI=1S/C17H14ClN5O2S/c1-10-12(18)8-5-9-13(10)20-15(24)14-16(26-23-22-14)21-17(25)19-11-6-3-2-4-7-11/h2-9H,1H3,(H,20,24)(H2,19,21,25). The van der Waals surface area contributed by atoms with Crippen LogP contribution < -0.4 is 16.0 Å². The monoisotopic (exact) mass is 387 g/mol. The van der Waals surface area contributed by atoms with Crippen LogP contribution in [0, 0.1) is 6.92 Å². The minimum absolute atomic E-state index is 0.0255. The van der Waals surface area contributed by atoms with Crippen molar-refractivity contribution < 1.29 is 9.59 Å². The lowest BCUT2D eigenvalue weighted by atomic mass is 10.2. The normalized spacial score (nSPS) is 10.2. The van der Waals surface area contributed by atoms with Crippen LogP contribution in [0.2, 0.25) is 5.02 Å². The van der Waals surface area contributed by atoms with Crippen LogP contribution in [0.1, 0.15) is 16.1 Å². The Kier molecular flexibility index (Phi) is 5.45. The number of rotatable bonds is 4. The molecule has 0 aliphatic carbocycles. The maximum absolute atomic E-state index is 12.5. The lowest BCUT2D eigenvalue weighted by Crippen LogP contribution is -2.21. The SMILES string of the molecule is Cc1c(Cl)cccc1NC(=O)c1nnsc1NC(=O)Nc1ccccc1. The Morgan fingerprint density at radius 1 is 1.00 bits per heavy atom. The maximum Gasteiger partial charge on any atom is 0.324 e. The predicted octanol–water partition coefficient (Wildman–Crippen LogP) is 4.40. The number of carbonyl (C=O) groups excluding carboxylic acids is 2. The maximum atomic E-state index is 12.5. The Labute approximate surface area is 158 Å². The summed E-state index contributed by atoms with van der Waals surface area (Å²) in [6.45, 7) is 1.80. The lowest BCUT2D eigenvalue weighted by molar-refractivity contribution is 0.102. The van der Waals surface area contributed by atoms with Gasteiger partial charge in [0.05, 0.1) is 0 Å². The number of anilines is 3. The molecule has 0 fully saturated rings. The first-order valence-electron chi connectivity index (χ1n) is 7.56. The molecule has 0 aliphatic rings. The molecule has 1 aromatic heterocycles. The summed E-state index contributed by atoms with van der Waals surface area (Å²) in [5, 5.41) is 12.6. The quantitative estimate of drug-likeness (QED) is 0.618. The van der Waals surface area contributed by atoms with Crippen LogP contribution in [-0.4, -0.2) is 21.5 Å². The van der Waals surface area contributed by atoms with Crippen LogP contribution in [0.15, 0.2) is 48.5 Å². The van der Waals surface area contributed by atoms with Crippen molar-refractivity contribution in [1.29, 1.82) is 0 Å². The third kappa shape index (κ3) is 4.16. The molecule has 0 unspecified atom stereocenters. The summed E-state index contributed by atoms with van der Waals surface area (Å²) in [5.41, 5.74) is 1.96. The number of hydrogen-bond acceptors (Lipinski definition) is 5. The van der Waals surface area contributed by atoms with Crippen LogP contribution in [-0.2, 0) is 0 Å². The van der Waals surface area contributed by atoms with E-state index in [0.717, 1.165) is 17.1 Å². The zero-order chi connectivity index (χ0) is 18.5. The molecule has 3 rings (SSSR count). The van der Waals surface area contributed by atoms with E-state index in [9.17, 15) is 9.59 Å². The summed E-state index contributed by atoms with van der Waals surface area (Å²) in [7, 11) is 0. The van der Waals surface area contributed by atoms with Gasteiger partial charge in [-0.2, -0.15) is 0 Å². The first-order valence-corrected chi connectivity index (χ1v) is 8.71. The zero-order valence-corrected chi connectivity index (χ0v) is 15.2. The number of halogens is 1. The molecule has 0 saturated heterocycles. The number of nitrogens with zero attached hydrogens (tertiary/aromatic N) is 2. The average Bonchev–Trinajstić information content (AvgIpc) is 3.08. The number of carbonyl (C=O) groups is 2. The van der Waals surface area contributed by atoms with Crippen molar-refractivity contribution in [1.82, 2.24) is 9.59 Å². The number of benzene rings is 2. The molecule has 3 aromatic rings. The molecule has 132 valence electrons. The van der Waals surface area contributed by atoms with Crippen molar-refractivity contribution >= 4 is 51.4 Å². The summed E-state index contributed by atoms with van der Waals surface area (Å²) in [6, 6.07) is 13.7. The van der Waals surface area contributed by atoms with Crippen molar-refractivity contribution in [2.45, 2.75) is 6.92 Å². The number of urea groups is 1. The van der Waals surface area contributed by atoms with Crippen molar-refractivity contribution in [2.24, 2.45) is 0 Å². The molecule has 0 bridgehead atoms. The number of aromatic nitrogens is 2. The Balaban J connectivity index is 1.70. The average molecular weight is 388 g/mol. The van der Waals surface area contributed by atoms with E-state index in [1.54, 1.807) is 49.4 Å². The largest absolute Gasteiger partial charge is 0.324 e. The second-order valence-corrected chi connectivity index (χ2v) is 6.42. The molecule has 0 atom stereocenters. The molecular weight excluding hydrogens is 374 g/mol. The molecule has 3 N–H and O–H groups in total. The van der Waals surface area contributed by atoms with Crippen molar-refractivity contribution in [3.63, 3.8) is 0 Å². The Morgan fingerprint density at radius 2 is 1.77 bits per heavy atom. The molecule has 0 radical (unpaired) electrons. The molecule has 3 amide bonds. The molecule has 7 nitrogen and oxygen atoms in total. The second-order valence-electron chi connectivity index (χ2n) is 5.26. The highest BCUT2D eigenvalue weighted by Crippen LogP contribution is 2.25. The van der Waals surface area contributed by atoms with Gasteiger partial charge in [0.1, 0.15) is 0 Å². The van der Waals surface area contributed by atoms with Gasteiger partial charge in [-0.1, -0.05) is 40.4 Å². The molecule has 9 heteroatoms. The minimum atomic E-state index is -0.491. The Bertz CT molecular complexity index is 945. The molecule has 0 saturated carbocycles. The van der Waals surface area contributed by atoms with Crippen LogP contribution in [0.4, 0.5) is 21.2 Å². The van der Waals surface area contributed by atoms with E-state index in [1.807, 2.05) is 6.07 Å². The van der Waals surface area contributed by atoms with E-state index in [4.69, 9.17) is 11.6 Å². The van der Waals surface area contributed by atoms with Crippen molar-refractivity contribution in [2.75, 3.05) is 16.0 Å². The fraction of sp³-hybridized carbons (Fsp3) is 0.0588. The lowest BCUT2D eigenvalue weighted by Gasteiger charge is -2.09. The van der Waals surface area contributed by atoms with Gasteiger partial charge in [0.2, 0.25) is 0 Å². The summed E-state index contributed by atoms with van der Waals surface area (Å²) in [6.07, 6.45) is 0. The molecule has 0 spiro atoms. The Hall–Kier alpha value is -2.97. The van der Waals surface area contributed by atoms with Gasteiger partial charge in [0.25, 0.3) is 5.91 Å². The van der Waals surface area contributed by atoms with Gasteiger partial charge in [0.15, 0.2) is 10.7 Å². The summed E-state index contributed by atoms with van der Waals surface area (Å²) < 4.78 is 3.75. The van der Waals surface area contributed by atoms with Crippen LogP contribution in [0.5, 0.6) is 0 Å². The minimum Gasteiger partial charge on any atom is -0.320 e. The number of nitrogens with one attached hydrogen (secondary N) is 3. The predicted molar refractivity (Wildman–Crippen MR) is 103 cm³/mol. The number of hydrogen-bond donors (Lipinski definition) is 3. The van der Waals surface area contributed by atoms with Crippen molar-refractivity contribution in [3.8, 4) is 0 Å². The highest BCUT2D eigenvalue weighted by atomic mass is 35.5. The van der Waals surface area contributed by atoms with Gasteiger partial charge >= 0.3 is 6.03 Å². The van der Waals surface area contributed by atoms with Crippen molar-refractivity contribution in [3.05, 3.63) is 64.8 Å². The Morgan fingerprint density at radius 3 is 2.54 bits per heavy atom. The highest BCUT2D eigenvalue weighted by molar-refractivity contribution is 7.10. The third-order valence-electron chi connectivity index (χ3n) is 3.48. The van der Waals surface area contributed by atoms with Gasteiger partial charge in [-0.3, -0.25) is 10.1 Å². The third-order valence-corrected chi connectivity index (χ3v) is 4.53. The summed E-state index contributed by atoms with van der Waals surface area (Å²) in [5.74, 6) is -0.487. The van der Waals surface area contributed by atoms with Gasteiger partial charge in [-0.25, -0.2) is 4.79 Å². The van der Waals surface area contributed by atoms with Gasteiger partial charge in [-0.15, -0.1) is 5.10 Å². The number of amides is 3. The second kappa shape index (κ2) is 7.94.